The van der Waals surface area contributed by atoms with Crippen LogP contribution < -0.4 is 10.6 Å². The van der Waals surface area contributed by atoms with Crippen molar-refractivity contribution >= 4 is 11.5 Å². The maximum Gasteiger partial charge on any atom is 0.172 e. The van der Waals surface area contributed by atoms with Crippen molar-refractivity contribution in [1.29, 1.82) is 0 Å². The largest absolute Gasteiger partial charge is 0.409 e. The Labute approximate surface area is 118 Å². The highest BCUT2D eigenvalue weighted by molar-refractivity contribution is 6.02. The van der Waals surface area contributed by atoms with E-state index in [1.54, 1.807) is 12.3 Å². The van der Waals surface area contributed by atoms with Crippen LogP contribution in [0.4, 0.5) is 5.69 Å². The van der Waals surface area contributed by atoms with Gasteiger partial charge in [0.25, 0.3) is 0 Å². The van der Waals surface area contributed by atoms with Crippen molar-refractivity contribution in [3.05, 3.63) is 24.0 Å². The minimum Gasteiger partial charge on any atom is -0.409 e. The fourth-order valence-electron chi connectivity index (χ4n) is 3.28. The van der Waals surface area contributed by atoms with E-state index in [0.29, 0.717) is 6.04 Å². The molecule has 1 unspecified atom stereocenters. The Morgan fingerprint density at radius 3 is 3.10 bits per heavy atom. The van der Waals surface area contributed by atoms with E-state index in [1.165, 1.54) is 25.8 Å². The van der Waals surface area contributed by atoms with Gasteiger partial charge in [-0.2, -0.15) is 0 Å². The Morgan fingerprint density at radius 2 is 2.25 bits per heavy atom. The van der Waals surface area contributed by atoms with Crippen molar-refractivity contribution in [1.82, 2.24) is 9.88 Å². The molecule has 2 fully saturated rings. The van der Waals surface area contributed by atoms with Gasteiger partial charge >= 0.3 is 0 Å². The summed E-state index contributed by atoms with van der Waals surface area (Å²) in [5, 5.41) is 12.0. The Hall–Kier alpha value is -1.82. The second kappa shape index (κ2) is 5.66. The predicted octanol–water partition coefficient (Wildman–Crippen LogP) is 0.851. The van der Waals surface area contributed by atoms with Crippen LogP contribution in [0.25, 0.3) is 0 Å². The Bertz CT molecular complexity index is 504. The number of oxime groups is 1. The zero-order chi connectivity index (χ0) is 13.9. The average molecular weight is 275 g/mol. The highest BCUT2D eigenvalue weighted by Gasteiger charge is 2.30. The molecule has 3 N–H and O–H groups in total. The van der Waals surface area contributed by atoms with E-state index in [-0.39, 0.29) is 5.84 Å². The highest BCUT2D eigenvalue weighted by Crippen LogP contribution is 2.26. The molecule has 1 aromatic heterocycles. The molecule has 108 valence electrons. The number of rotatable bonds is 2. The summed E-state index contributed by atoms with van der Waals surface area (Å²) >= 11 is 0. The first-order valence-corrected chi connectivity index (χ1v) is 7.20. The third kappa shape index (κ3) is 2.43. The summed E-state index contributed by atoms with van der Waals surface area (Å²) < 4.78 is 0. The van der Waals surface area contributed by atoms with Crippen LogP contribution in [0, 0.1) is 0 Å². The topological polar surface area (TPSA) is 78.0 Å². The van der Waals surface area contributed by atoms with Crippen LogP contribution in [0.1, 0.15) is 24.8 Å². The number of piperidine rings is 1. The first-order valence-electron chi connectivity index (χ1n) is 7.20. The minimum atomic E-state index is 0.147. The van der Waals surface area contributed by atoms with E-state index in [1.807, 2.05) is 6.20 Å². The molecule has 0 bridgehead atoms. The number of nitrogens with zero attached hydrogens (tertiary/aromatic N) is 4. The molecule has 3 heterocycles. The summed E-state index contributed by atoms with van der Waals surface area (Å²) in [7, 11) is 0. The zero-order valence-electron chi connectivity index (χ0n) is 11.6. The summed E-state index contributed by atoms with van der Waals surface area (Å²) in [5.74, 6) is 0.147. The number of pyridine rings is 1. The molecule has 0 radical (unpaired) electrons. The summed E-state index contributed by atoms with van der Waals surface area (Å²) in [5.41, 5.74) is 7.49. The van der Waals surface area contributed by atoms with Crippen molar-refractivity contribution in [2.45, 2.75) is 25.3 Å². The molecule has 0 saturated carbocycles. The summed E-state index contributed by atoms with van der Waals surface area (Å²) in [6, 6.07) is 2.43. The molecule has 6 heteroatoms. The Kier molecular flexibility index (Phi) is 3.73. The predicted molar refractivity (Wildman–Crippen MR) is 78.2 cm³/mol. The van der Waals surface area contributed by atoms with E-state index < -0.39 is 0 Å². The number of aromatic nitrogens is 1. The van der Waals surface area contributed by atoms with Crippen LogP contribution in [-0.2, 0) is 0 Å². The van der Waals surface area contributed by atoms with Crippen LogP contribution in [0.5, 0.6) is 0 Å². The van der Waals surface area contributed by atoms with Crippen molar-refractivity contribution in [2.75, 3.05) is 31.1 Å². The summed E-state index contributed by atoms with van der Waals surface area (Å²) in [4.78, 5) is 9.09. The average Bonchev–Trinajstić information content (AvgIpc) is 2.53. The van der Waals surface area contributed by atoms with E-state index in [2.05, 4.69) is 19.9 Å². The molecule has 3 rings (SSSR count). The van der Waals surface area contributed by atoms with Gasteiger partial charge < -0.3 is 15.8 Å². The normalized spacial score (nSPS) is 24.5. The standard InChI is InChI=1S/C14H21N5O/c15-14(17-20)12-4-5-16-9-13(12)19-8-7-18-6-2-1-3-11(18)10-19/h4-5,9,11,20H,1-3,6-8,10H2,(H2,15,17). The van der Waals surface area contributed by atoms with Gasteiger partial charge in [0.2, 0.25) is 0 Å². The molecule has 0 aromatic carbocycles. The van der Waals surface area contributed by atoms with Crippen molar-refractivity contribution in [3.8, 4) is 0 Å². The van der Waals surface area contributed by atoms with E-state index in [0.717, 1.165) is 30.9 Å². The number of fused-ring (bicyclic) bond motifs is 1. The lowest BCUT2D eigenvalue weighted by atomic mass is 9.99. The first kappa shape index (κ1) is 13.2. The van der Waals surface area contributed by atoms with Crippen LogP contribution in [0.2, 0.25) is 0 Å². The van der Waals surface area contributed by atoms with Crippen LogP contribution in [0.15, 0.2) is 23.6 Å². The fourth-order valence-corrected chi connectivity index (χ4v) is 3.28. The molecule has 6 nitrogen and oxygen atoms in total. The molecule has 0 amide bonds. The SMILES string of the molecule is N/C(=N/O)c1ccncc1N1CCN2CCCCC2C1. The smallest absolute Gasteiger partial charge is 0.172 e. The molecule has 2 aliphatic rings. The number of amidine groups is 1. The Balaban J connectivity index is 1.83. The van der Waals surface area contributed by atoms with E-state index >= 15 is 0 Å². The molecular formula is C14H21N5O. The second-order valence-corrected chi connectivity index (χ2v) is 5.51. The third-order valence-corrected chi connectivity index (χ3v) is 4.36. The molecule has 20 heavy (non-hydrogen) atoms. The van der Waals surface area contributed by atoms with E-state index in [4.69, 9.17) is 10.9 Å². The van der Waals surface area contributed by atoms with Gasteiger partial charge in [-0.05, 0) is 25.5 Å². The molecule has 0 spiro atoms. The summed E-state index contributed by atoms with van der Waals surface area (Å²) in [6.45, 7) is 4.26. The highest BCUT2D eigenvalue weighted by atomic mass is 16.4. The lowest BCUT2D eigenvalue weighted by Crippen LogP contribution is -2.55. The third-order valence-electron chi connectivity index (χ3n) is 4.36. The lowest BCUT2D eigenvalue weighted by Gasteiger charge is -2.45. The minimum absolute atomic E-state index is 0.147. The molecule has 0 aliphatic carbocycles. The van der Waals surface area contributed by atoms with Gasteiger partial charge in [-0.1, -0.05) is 11.6 Å². The molecule has 2 saturated heterocycles. The van der Waals surface area contributed by atoms with Crippen molar-refractivity contribution in [3.63, 3.8) is 0 Å². The molecule has 1 aromatic rings. The number of hydrogen-bond donors (Lipinski definition) is 2. The zero-order valence-corrected chi connectivity index (χ0v) is 11.6. The first-order chi connectivity index (χ1) is 9.79. The molecule has 2 aliphatic heterocycles. The lowest BCUT2D eigenvalue weighted by molar-refractivity contribution is 0.133. The number of hydrogen-bond acceptors (Lipinski definition) is 5. The van der Waals surface area contributed by atoms with Gasteiger partial charge in [-0.15, -0.1) is 0 Å². The van der Waals surface area contributed by atoms with Crippen molar-refractivity contribution in [2.24, 2.45) is 10.9 Å². The number of anilines is 1. The van der Waals surface area contributed by atoms with Gasteiger partial charge in [0.05, 0.1) is 11.9 Å². The number of nitrogens with two attached hydrogens (primary N) is 1. The van der Waals surface area contributed by atoms with Crippen molar-refractivity contribution < 1.29 is 5.21 Å². The quantitative estimate of drug-likeness (QED) is 0.362. The van der Waals surface area contributed by atoms with E-state index in [9.17, 15) is 0 Å². The van der Waals surface area contributed by atoms with Crippen LogP contribution in [-0.4, -0.2) is 53.1 Å². The second-order valence-electron chi connectivity index (χ2n) is 5.51. The maximum atomic E-state index is 8.91. The van der Waals surface area contributed by atoms with Crippen LogP contribution >= 0.6 is 0 Å². The molecule has 1 atom stereocenters. The summed E-state index contributed by atoms with van der Waals surface area (Å²) in [6.07, 6.45) is 7.38. The monoisotopic (exact) mass is 275 g/mol. The Morgan fingerprint density at radius 1 is 1.35 bits per heavy atom. The maximum absolute atomic E-state index is 8.91. The van der Waals surface area contributed by atoms with Crippen LogP contribution in [0.3, 0.4) is 0 Å². The molecular weight excluding hydrogens is 254 g/mol. The van der Waals surface area contributed by atoms with Gasteiger partial charge in [0.15, 0.2) is 5.84 Å². The van der Waals surface area contributed by atoms with Gasteiger partial charge in [-0.3, -0.25) is 9.88 Å². The van der Waals surface area contributed by atoms with Gasteiger partial charge in [0.1, 0.15) is 0 Å². The van der Waals surface area contributed by atoms with Gasteiger partial charge in [-0.25, -0.2) is 0 Å². The fraction of sp³-hybridized carbons (Fsp3) is 0.571. The number of piperazine rings is 1. The van der Waals surface area contributed by atoms with Gasteiger partial charge in [0, 0.05) is 37.4 Å².